The van der Waals surface area contributed by atoms with Crippen molar-refractivity contribution in [1.82, 2.24) is 29.8 Å². The first kappa shape index (κ1) is 21.8. The van der Waals surface area contributed by atoms with Gasteiger partial charge in [0.05, 0.1) is 24.1 Å². The van der Waals surface area contributed by atoms with Gasteiger partial charge in [0.25, 0.3) is 5.91 Å². The van der Waals surface area contributed by atoms with Crippen LogP contribution in [-0.4, -0.2) is 48.2 Å². The molecule has 0 bridgehead atoms. The number of benzene rings is 1. The van der Waals surface area contributed by atoms with Gasteiger partial charge >= 0.3 is 0 Å². The van der Waals surface area contributed by atoms with E-state index in [4.69, 9.17) is 0 Å². The van der Waals surface area contributed by atoms with Crippen molar-refractivity contribution in [3.63, 3.8) is 0 Å². The van der Waals surface area contributed by atoms with Crippen LogP contribution in [0, 0.1) is 0 Å². The number of piperidine rings is 1. The molecule has 1 aliphatic carbocycles. The smallest absolute Gasteiger partial charge is 0.255 e. The molecule has 1 aromatic carbocycles. The van der Waals surface area contributed by atoms with Crippen molar-refractivity contribution in [1.29, 1.82) is 0 Å². The highest BCUT2D eigenvalue weighted by Gasteiger charge is 2.39. The number of carbonyl (C=O) groups is 3. The Morgan fingerprint density at radius 2 is 1.77 bits per heavy atom. The molecule has 9 nitrogen and oxygen atoms in total. The van der Waals surface area contributed by atoms with Crippen LogP contribution in [0.4, 0.5) is 0 Å². The van der Waals surface area contributed by atoms with Crippen molar-refractivity contribution in [3.8, 4) is 22.4 Å². The van der Waals surface area contributed by atoms with E-state index < -0.39 is 11.9 Å². The van der Waals surface area contributed by atoms with Gasteiger partial charge in [0.15, 0.2) is 0 Å². The lowest BCUT2D eigenvalue weighted by atomic mass is 9.96. The lowest BCUT2D eigenvalue weighted by Crippen LogP contribution is -2.52. The van der Waals surface area contributed by atoms with Crippen molar-refractivity contribution < 1.29 is 14.4 Å². The molecule has 0 spiro atoms. The van der Waals surface area contributed by atoms with Crippen LogP contribution in [0.5, 0.6) is 0 Å². The van der Waals surface area contributed by atoms with Crippen LogP contribution in [0.15, 0.2) is 36.8 Å². The van der Waals surface area contributed by atoms with Gasteiger partial charge in [0.1, 0.15) is 6.04 Å². The highest BCUT2D eigenvalue weighted by Crippen LogP contribution is 2.36. The lowest BCUT2D eigenvalue weighted by molar-refractivity contribution is -0.136. The molecule has 0 unspecified atom stereocenters. The molecule has 1 atom stereocenters. The Bertz CT molecular complexity index is 1330. The standard InChI is InChI=1S/C26H28N6O3/c1-30-24(18-12-28-32(15-18)19-5-3-2-4-6-19)21(13-27-30)16-7-8-20-17(11-16)14-31(26(20)35)22-9-10-23(33)29-25(22)34/h7-8,11-13,15,19,22H,2-6,9-10,14H2,1H3,(H,29,33,34)/t22-/m0/s1. The molecule has 9 heteroatoms. The minimum Gasteiger partial charge on any atom is -0.322 e. The Balaban J connectivity index is 1.29. The van der Waals surface area contributed by atoms with Gasteiger partial charge < -0.3 is 4.90 Å². The molecule has 4 heterocycles. The predicted molar refractivity (Wildman–Crippen MR) is 128 cm³/mol. The van der Waals surface area contributed by atoms with E-state index >= 15 is 0 Å². The van der Waals surface area contributed by atoms with Crippen LogP contribution in [-0.2, 0) is 23.2 Å². The number of aromatic nitrogens is 4. The summed E-state index contributed by atoms with van der Waals surface area (Å²) in [6, 6.07) is 5.64. The monoisotopic (exact) mass is 472 g/mol. The SMILES string of the molecule is Cn1ncc(-c2ccc3c(c2)CN([C@H]2CCC(=O)NC2=O)C3=O)c1-c1cnn(C2CCCCC2)c1. The number of carbonyl (C=O) groups excluding carboxylic acids is 3. The van der Waals surface area contributed by atoms with Crippen molar-refractivity contribution in [2.45, 2.75) is 63.6 Å². The van der Waals surface area contributed by atoms with Crippen molar-refractivity contribution >= 4 is 17.7 Å². The third-order valence-electron chi connectivity index (χ3n) is 7.60. The summed E-state index contributed by atoms with van der Waals surface area (Å²) >= 11 is 0. The van der Waals surface area contributed by atoms with Crippen LogP contribution in [0.25, 0.3) is 22.4 Å². The van der Waals surface area contributed by atoms with Gasteiger partial charge in [-0.1, -0.05) is 25.3 Å². The number of nitrogens with one attached hydrogen (secondary N) is 1. The van der Waals surface area contributed by atoms with E-state index in [2.05, 4.69) is 26.4 Å². The molecule has 6 rings (SSSR count). The summed E-state index contributed by atoms with van der Waals surface area (Å²) in [6.45, 7) is 0.351. The van der Waals surface area contributed by atoms with Crippen molar-refractivity contribution in [3.05, 3.63) is 47.9 Å². The predicted octanol–water partition coefficient (Wildman–Crippen LogP) is 3.22. The van der Waals surface area contributed by atoms with E-state index in [9.17, 15) is 14.4 Å². The Hall–Kier alpha value is -3.75. The van der Waals surface area contributed by atoms with E-state index in [1.165, 1.54) is 32.1 Å². The molecule has 180 valence electrons. The average Bonchev–Trinajstić information content (AvgIpc) is 3.57. The van der Waals surface area contributed by atoms with Gasteiger partial charge in [-0.3, -0.25) is 29.1 Å². The summed E-state index contributed by atoms with van der Waals surface area (Å²) in [5.41, 5.74) is 5.44. The molecule has 1 saturated heterocycles. The highest BCUT2D eigenvalue weighted by molar-refractivity contribution is 6.05. The number of amides is 3. The fraction of sp³-hybridized carbons (Fsp3) is 0.423. The second-order valence-corrected chi connectivity index (χ2v) is 9.80. The van der Waals surface area contributed by atoms with Gasteiger partial charge in [0, 0.05) is 42.9 Å². The Labute approximate surface area is 203 Å². The first-order chi connectivity index (χ1) is 17.0. The molecule has 1 saturated carbocycles. The molecular weight excluding hydrogens is 444 g/mol. The number of hydrogen-bond acceptors (Lipinski definition) is 5. The van der Waals surface area contributed by atoms with Crippen LogP contribution in [0.1, 0.15) is 66.9 Å². The second kappa shape index (κ2) is 8.48. The number of aryl methyl sites for hydroxylation is 1. The van der Waals surface area contributed by atoms with Crippen molar-refractivity contribution in [2.75, 3.05) is 0 Å². The van der Waals surface area contributed by atoms with E-state index in [1.807, 2.05) is 42.3 Å². The Morgan fingerprint density at radius 1 is 0.943 bits per heavy atom. The molecular formula is C26H28N6O3. The number of nitrogens with zero attached hydrogens (tertiary/aromatic N) is 5. The molecule has 2 fully saturated rings. The zero-order chi connectivity index (χ0) is 24.1. The summed E-state index contributed by atoms with van der Waals surface area (Å²) in [5.74, 6) is -0.845. The van der Waals surface area contributed by atoms with Gasteiger partial charge in [0.2, 0.25) is 11.8 Å². The molecule has 3 aliphatic rings. The maximum absolute atomic E-state index is 13.0. The van der Waals surface area contributed by atoms with E-state index in [0.29, 0.717) is 24.6 Å². The van der Waals surface area contributed by atoms with Crippen LogP contribution >= 0.6 is 0 Å². The maximum atomic E-state index is 13.0. The number of hydrogen-bond donors (Lipinski definition) is 1. The van der Waals surface area contributed by atoms with Crippen LogP contribution in [0.3, 0.4) is 0 Å². The average molecular weight is 473 g/mol. The second-order valence-electron chi connectivity index (χ2n) is 9.80. The quantitative estimate of drug-likeness (QED) is 0.588. The zero-order valence-electron chi connectivity index (χ0n) is 19.7. The third kappa shape index (κ3) is 3.75. The summed E-state index contributed by atoms with van der Waals surface area (Å²) < 4.78 is 3.97. The summed E-state index contributed by atoms with van der Waals surface area (Å²) in [5, 5.41) is 11.6. The van der Waals surface area contributed by atoms with Crippen molar-refractivity contribution in [2.24, 2.45) is 7.05 Å². The molecule has 3 aromatic rings. The summed E-state index contributed by atoms with van der Waals surface area (Å²) in [4.78, 5) is 38.5. The highest BCUT2D eigenvalue weighted by atomic mass is 16.2. The first-order valence-electron chi connectivity index (χ1n) is 12.3. The number of imide groups is 1. The largest absolute Gasteiger partial charge is 0.322 e. The van der Waals surface area contributed by atoms with Crippen LogP contribution in [0.2, 0.25) is 0 Å². The molecule has 35 heavy (non-hydrogen) atoms. The van der Waals surface area contributed by atoms with Gasteiger partial charge in [-0.25, -0.2) is 0 Å². The third-order valence-corrected chi connectivity index (χ3v) is 7.60. The molecule has 1 N–H and O–H groups in total. The van der Waals surface area contributed by atoms with Gasteiger partial charge in [-0.2, -0.15) is 10.2 Å². The fourth-order valence-corrected chi connectivity index (χ4v) is 5.74. The Kier molecular flexibility index (Phi) is 5.27. The van der Waals surface area contributed by atoms with E-state index in [0.717, 1.165) is 27.9 Å². The molecule has 2 aliphatic heterocycles. The van der Waals surface area contributed by atoms with E-state index in [-0.39, 0.29) is 18.2 Å². The normalized spacial score (nSPS) is 20.9. The number of rotatable bonds is 4. The topological polar surface area (TPSA) is 102 Å². The maximum Gasteiger partial charge on any atom is 0.255 e. The molecule has 2 aromatic heterocycles. The fourth-order valence-electron chi connectivity index (χ4n) is 5.74. The van der Waals surface area contributed by atoms with Gasteiger partial charge in [-0.15, -0.1) is 0 Å². The minimum absolute atomic E-state index is 0.166. The van der Waals surface area contributed by atoms with E-state index in [1.54, 1.807) is 4.90 Å². The zero-order valence-corrected chi connectivity index (χ0v) is 19.7. The van der Waals surface area contributed by atoms with Gasteiger partial charge in [-0.05, 0) is 42.5 Å². The first-order valence-corrected chi connectivity index (χ1v) is 12.3. The lowest BCUT2D eigenvalue weighted by Gasteiger charge is -2.29. The summed E-state index contributed by atoms with van der Waals surface area (Å²) in [7, 11) is 1.93. The minimum atomic E-state index is -0.615. The molecule has 0 radical (unpaired) electrons. The van der Waals surface area contributed by atoms with Crippen LogP contribution < -0.4 is 5.32 Å². The number of fused-ring (bicyclic) bond motifs is 1. The summed E-state index contributed by atoms with van der Waals surface area (Å²) in [6.07, 6.45) is 12.6. The molecule has 3 amide bonds. The Morgan fingerprint density at radius 3 is 2.57 bits per heavy atom.